The van der Waals surface area contributed by atoms with Crippen LogP contribution in [0.5, 0.6) is 5.75 Å². The van der Waals surface area contributed by atoms with Crippen molar-refractivity contribution in [3.8, 4) is 28.3 Å². The van der Waals surface area contributed by atoms with Crippen molar-refractivity contribution in [2.24, 2.45) is 0 Å². The molecule has 2 fully saturated rings. The quantitative estimate of drug-likeness (QED) is 0.395. The zero-order chi connectivity index (χ0) is 27.1. The van der Waals surface area contributed by atoms with E-state index in [1.165, 1.54) is 0 Å². The van der Waals surface area contributed by atoms with Crippen LogP contribution in [0.2, 0.25) is 0 Å². The number of amides is 1. The van der Waals surface area contributed by atoms with Crippen molar-refractivity contribution in [1.29, 1.82) is 0 Å². The first-order chi connectivity index (χ1) is 19.6. The lowest BCUT2D eigenvalue weighted by atomic mass is 9.99. The Labute approximate surface area is 234 Å². The van der Waals surface area contributed by atoms with Crippen molar-refractivity contribution >= 4 is 16.7 Å². The van der Waals surface area contributed by atoms with Gasteiger partial charge in [0.1, 0.15) is 17.7 Å². The van der Waals surface area contributed by atoms with Gasteiger partial charge in [-0.15, -0.1) is 0 Å². The molecular weight excluding hydrogens is 502 g/mol. The van der Waals surface area contributed by atoms with E-state index in [-0.39, 0.29) is 12.0 Å². The average Bonchev–Trinajstić information content (AvgIpc) is 3.65. The number of hydrogen-bond acceptors (Lipinski definition) is 6. The second-order valence-electron chi connectivity index (χ2n) is 11.1. The van der Waals surface area contributed by atoms with Crippen molar-refractivity contribution in [1.82, 2.24) is 24.8 Å². The first-order valence-corrected chi connectivity index (χ1v) is 14.4. The maximum absolute atomic E-state index is 12.3. The molecule has 1 N–H and O–H groups in total. The van der Waals surface area contributed by atoms with Crippen LogP contribution in [0.15, 0.2) is 54.7 Å². The summed E-state index contributed by atoms with van der Waals surface area (Å²) in [6.45, 7) is 7.18. The summed E-state index contributed by atoms with van der Waals surface area (Å²) < 4.78 is 14.1. The van der Waals surface area contributed by atoms with Gasteiger partial charge in [0, 0.05) is 68.4 Å². The summed E-state index contributed by atoms with van der Waals surface area (Å²) in [5.41, 5.74) is 5.14. The van der Waals surface area contributed by atoms with Crippen LogP contribution in [-0.2, 0) is 22.6 Å². The molecule has 5 heterocycles. The molecule has 3 aliphatic heterocycles. The van der Waals surface area contributed by atoms with Gasteiger partial charge in [-0.05, 0) is 61.5 Å². The molecule has 0 unspecified atom stereocenters. The molecule has 0 radical (unpaired) electrons. The van der Waals surface area contributed by atoms with Gasteiger partial charge in [0.2, 0.25) is 5.91 Å². The molecule has 2 aromatic carbocycles. The predicted molar refractivity (Wildman–Crippen MR) is 154 cm³/mol. The molecule has 0 saturated carbocycles. The highest BCUT2D eigenvalue weighted by Gasteiger charge is 2.30. The number of imidazole rings is 1. The van der Waals surface area contributed by atoms with Gasteiger partial charge in [-0.1, -0.05) is 18.2 Å². The summed E-state index contributed by atoms with van der Waals surface area (Å²) in [4.78, 5) is 24.4. The van der Waals surface area contributed by atoms with Gasteiger partial charge < -0.3 is 24.3 Å². The van der Waals surface area contributed by atoms with Crippen LogP contribution < -0.4 is 10.1 Å². The van der Waals surface area contributed by atoms with Crippen molar-refractivity contribution in [2.45, 2.75) is 51.3 Å². The minimum absolute atomic E-state index is 0.103. The van der Waals surface area contributed by atoms with E-state index in [1.807, 2.05) is 23.2 Å². The standard InChI is InChI=1S/C32H35N5O3/c1-21(38)36-13-14-37-30(20-36)31(35-32(37)23-10-15-39-16-11-23)27-4-2-3-24-17-29(34-19-28(24)27)22-5-7-25(8-6-22)40-26-9-12-33-18-26/h2-8,17,19,23,26,33H,9-16,18,20H2,1H3/t26-/m1/s1. The third-order valence-corrected chi connectivity index (χ3v) is 8.56. The van der Waals surface area contributed by atoms with Crippen LogP contribution in [0.4, 0.5) is 0 Å². The average molecular weight is 538 g/mol. The molecule has 2 saturated heterocycles. The van der Waals surface area contributed by atoms with E-state index >= 15 is 0 Å². The highest BCUT2D eigenvalue weighted by molar-refractivity contribution is 5.97. The Kier molecular flexibility index (Phi) is 6.73. The summed E-state index contributed by atoms with van der Waals surface area (Å²) in [6, 6.07) is 16.8. The summed E-state index contributed by atoms with van der Waals surface area (Å²) in [5.74, 6) is 2.51. The number of benzene rings is 2. The lowest BCUT2D eigenvalue weighted by Gasteiger charge is -2.30. The van der Waals surface area contributed by atoms with E-state index in [9.17, 15) is 4.79 Å². The third-order valence-electron chi connectivity index (χ3n) is 8.56. The van der Waals surface area contributed by atoms with Crippen LogP contribution in [0, 0.1) is 0 Å². The number of pyridine rings is 1. The summed E-state index contributed by atoms with van der Waals surface area (Å²) in [5, 5.41) is 5.53. The van der Waals surface area contributed by atoms with Crippen LogP contribution in [0.3, 0.4) is 0 Å². The molecule has 1 atom stereocenters. The normalized spacial score (nSPS) is 19.6. The number of ether oxygens (including phenoxy) is 2. The monoisotopic (exact) mass is 537 g/mol. The smallest absolute Gasteiger partial charge is 0.219 e. The number of aromatic nitrogens is 3. The van der Waals surface area contributed by atoms with E-state index in [1.54, 1.807) is 6.92 Å². The molecule has 206 valence electrons. The first kappa shape index (κ1) is 25.2. The zero-order valence-electron chi connectivity index (χ0n) is 22.9. The first-order valence-electron chi connectivity index (χ1n) is 14.4. The van der Waals surface area contributed by atoms with E-state index in [0.29, 0.717) is 12.5 Å². The van der Waals surface area contributed by atoms with E-state index in [4.69, 9.17) is 19.4 Å². The van der Waals surface area contributed by atoms with Crippen LogP contribution in [0.1, 0.15) is 43.6 Å². The van der Waals surface area contributed by atoms with E-state index < -0.39 is 0 Å². The second-order valence-corrected chi connectivity index (χ2v) is 11.1. The van der Waals surface area contributed by atoms with Gasteiger partial charge in [0.25, 0.3) is 0 Å². The topological polar surface area (TPSA) is 81.5 Å². The zero-order valence-corrected chi connectivity index (χ0v) is 22.9. The Bertz CT molecular complexity index is 1530. The number of carbonyl (C=O) groups excluding carboxylic acids is 1. The minimum Gasteiger partial charge on any atom is -0.489 e. The summed E-state index contributed by atoms with van der Waals surface area (Å²) in [7, 11) is 0. The van der Waals surface area contributed by atoms with Crippen molar-refractivity contribution in [2.75, 3.05) is 32.8 Å². The third kappa shape index (κ3) is 4.75. The molecule has 4 aromatic rings. The van der Waals surface area contributed by atoms with Gasteiger partial charge >= 0.3 is 0 Å². The Morgan fingerprint density at radius 1 is 1.07 bits per heavy atom. The Morgan fingerprint density at radius 2 is 1.93 bits per heavy atom. The molecule has 40 heavy (non-hydrogen) atoms. The molecule has 3 aliphatic rings. The fourth-order valence-corrected chi connectivity index (χ4v) is 6.31. The lowest BCUT2D eigenvalue weighted by Crippen LogP contribution is -2.37. The van der Waals surface area contributed by atoms with E-state index in [2.05, 4.69) is 46.3 Å². The molecule has 0 spiro atoms. The molecule has 1 amide bonds. The Hall–Kier alpha value is -3.75. The highest BCUT2D eigenvalue weighted by atomic mass is 16.5. The van der Waals surface area contributed by atoms with Crippen LogP contribution >= 0.6 is 0 Å². The van der Waals surface area contributed by atoms with Crippen molar-refractivity contribution < 1.29 is 14.3 Å². The molecule has 0 aliphatic carbocycles. The van der Waals surface area contributed by atoms with Gasteiger partial charge in [-0.25, -0.2) is 4.98 Å². The Balaban J connectivity index is 1.24. The number of fused-ring (bicyclic) bond motifs is 2. The fourth-order valence-electron chi connectivity index (χ4n) is 6.31. The molecular formula is C32H35N5O3. The minimum atomic E-state index is 0.103. The van der Waals surface area contributed by atoms with Crippen molar-refractivity contribution in [3.63, 3.8) is 0 Å². The predicted octanol–water partition coefficient (Wildman–Crippen LogP) is 4.76. The number of rotatable bonds is 5. The van der Waals surface area contributed by atoms with E-state index in [0.717, 1.165) is 109 Å². The van der Waals surface area contributed by atoms with Crippen LogP contribution in [-0.4, -0.2) is 64.3 Å². The SMILES string of the molecule is CC(=O)N1CCn2c(C3CCOCC3)nc(-c3cccc4cc(-c5ccc(O[C@@H]6CCNC6)cc5)ncc34)c2C1. The molecule has 8 nitrogen and oxygen atoms in total. The number of carbonyl (C=O) groups is 1. The molecule has 0 bridgehead atoms. The fraction of sp³-hybridized carbons (Fsp3) is 0.406. The van der Waals surface area contributed by atoms with Gasteiger partial charge in [0.05, 0.1) is 23.6 Å². The lowest BCUT2D eigenvalue weighted by molar-refractivity contribution is -0.130. The van der Waals surface area contributed by atoms with Gasteiger partial charge in [0.15, 0.2) is 0 Å². The summed E-state index contributed by atoms with van der Waals surface area (Å²) >= 11 is 0. The van der Waals surface area contributed by atoms with Gasteiger partial charge in [-0.2, -0.15) is 0 Å². The second kappa shape index (κ2) is 10.7. The Morgan fingerprint density at radius 3 is 2.70 bits per heavy atom. The van der Waals surface area contributed by atoms with Crippen LogP contribution in [0.25, 0.3) is 33.3 Å². The maximum Gasteiger partial charge on any atom is 0.219 e. The molecule has 8 heteroatoms. The highest BCUT2D eigenvalue weighted by Crippen LogP contribution is 2.37. The maximum atomic E-state index is 12.3. The number of nitrogens with zero attached hydrogens (tertiary/aromatic N) is 4. The molecule has 2 aromatic heterocycles. The summed E-state index contributed by atoms with van der Waals surface area (Å²) in [6.07, 6.45) is 5.22. The molecule has 7 rings (SSSR count). The van der Waals surface area contributed by atoms with Crippen molar-refractivity contribution in [3.05, 3.63) is 66.2 Å². The number of hydrogen-bond donors (Lipinski definition) is 1. The van der Waals surface area contributed by atoms with Gasteiger partial charge in [-0.3, -0.25) is 9.78 Å². The largest absolute Gasteiger partial charge is 0.489 e. The number of nitrogens with one attached hydrogen (secondary N) is 1.